The maximum Gasteiger partial charge on any atom is 0.353 e. The molecule has 5 nitrogen and oxygen atoms in total. The molecule has 0 aliphatic carbocycles. The smallest absolute Gasteiger partial charge is 0.353 e. The Hall–Kier alpha value is -1.23. The molecular formula is C6H10N2O3. The Morgan fingerprint density at radius 2 is 2.36 bits per heavy atom. The monoisotopic (exact) mass is 158 g/mol. The molecule has 0 aromatic carbocycles. The number of aliphatic hydroxyl groups is 1. The van der Waals surface area contributed by atoms with E-state index in [2.05, 4.69) is 5.32 Å². The first-order valence-electron chi connectivity index (χ1n) is 3.12. The Kier molecular flexibility index (Phi) is 1.52. The Balaban J connectivity index is 2.83. The molecule has 1 aliphatic rings. The lowest BCUT2D eigenvalue weighted by Crippen LogP contribution is -2.48. The summed E-state index contributed by atoms with van der Waals surface area (Å²) in [5.74, 6) is -2.34. The average molecular weight is 158 g/mol. The zero-order valence-electron chi connectivity index (χ0n) is 6.33. The highest BCUT2D eigenvalue weighted by molar-refractivity contribution is 5.86. The number of carboxylic acid groups (broad SMARTS) is 1. The number of nitrogens with one attached hydrogen (secondary N) is 1. The van der Waals surface area contributed by atoms with Gasteiger partial charge < -0.3 is 20.4 Å². The molecule has 1 atom stereocenters. The summed E-state index contributed by atoms with van der Waals surface area (Å²) < 4.78 is 0. The van der Waals surface area contributed by atoms with Crippen LogP contribution in [0.25, 0.3) is 0 Å². The van der Waals surface area contributed by atoms with Gasteiger partial charge in [-0.15, -0.1) is 0 Å². The van der Waals surface area contributed by atoms with E-state index in [0.717, 1.165) is 0 Å². The van der Waals surface area contributed by atoms with Gasteiger partial charge >= 0.3 is 5.97 Å². The van der Waals surface area contributed by atoms with Crippen LogP contribution in [0.3, 0.4) is 0 Å². The minimum absolute atomic E-state index is 0.0509. The van der Waals surface area contributed by atoms with Gasteiger partial charge in [0, 0.05) is 20.2 Å². The second-order valence-corrected chi connectivity index (χ2v) is 2.56. The molecule has 62 valence electrons. The van der Waals surface area contributed by atoms with Crippen LogP contribution in [-0.2, 0) is 4.79 Å². The fraction of sp³-hybridized carbons (Fsp3) is 0.500. The normalized spacial score (nSPS) is 29.7. The molecule has 5 heteroatoms. The number of carboxylic acids is 1. The lowest BCUT2D eigenvalue weighted by atomic mass is 10.4. The molecule has 1 unspecified atom stereocenters. The van der Waals surface area contributed by atoms with E-state index in [-0.39, 0.29) is 5.70 Å². The molecule has 11 heavy (non-hydrogen) atoms. The number of likely N-dealkylation sites (N-methyl/N-ethyl adjacent to an activating group) is 1. The lowest BCUT2D eigenvalue weighted by molar-refractivity contribution is -0.137. The van der Waals surface area contributed by atoms with Gasteiger partial charge in [0.1, 0.15) is 5.70 Å². The van der Waals surface area contributed by atoms with Crippen LogP contribution >= 0.6 is 0 Å². The van der Waals surface area contributed by atoms with E-state index in [0.29, 0.717) is 0 Å². The average Bonchev–Trinajstić information content (AvgIpc) is 2.09. The van der Waals surface area contributed by atoms with Crippen molar-refractivity contribution < 1.29 is 15.0 Å². The van der Waals surface area contributed by atoms with Crippen molar-refractivity contribution in [2.45, 2.75) is 12.8 Å². The second kappa shape index (κ2) is 2.13. The van der Waals surface area contributed by atoms with E-state index in [1.165, 1.54) is 25.1 Å². The van der Waals surface area contributed by atoms with Gasteiger partial charge in [0.15, 0.2) is 0 Å². The van der Waals surface area contributed by atoms with E-state index in [1.807, 2.05) is 0 Å². The molecule has 0 saturated heterocycles. The van der Waals surface area contributed by atoms with Gasteiger partial charge in [0.05, 0.1) is 0 Å². The zero-order chi connectivity index (χ0) is 8.65. The van der Waals surface area contributed by atoms with Crippen molar-refractivity contribution in [1.82, 2.24) is 10.2 Å². The molecule has 0 fully saturated rings. The maximum absolute atomic E-state index is 10.4. The van der Waals surface area contributed by atoms with Crippen molar-refractivity contribution in [3.63, 3.8) is 0 Å². The van der Waals surface area contributed by atoms with Crippen molar-refractivity contribution in [2.24, 2.45) is 0 Å². The summed E-state index contributed by atoms with van der Waals surface area (Å²) >= 11 is 0. The SMILES string of the molecule is CN1C(C(=O)O)=CNC1(C)O. The number of hydrogen-bond donors (Lipinski definition) is 3. The van der Waals surface area contributed by atoms with Crippen LogP contribution in [0.2, 0.25) is 0 Å². The van der Waals surface area contributed by atoms with E-state index < -0.39 is 11.8 Å². The van der Waals surface area contributed by atoms with E-state index in [4.69, 9.17) is 5.11 Å². The number of rotatable bonds is 1. The number of nitrogens with zero attached hydrogens (tertiary/aromatic N) is 1. The van der Waals surface area contributed by atoms with Gasteiger partial charge in [-0.3, -0.25) is 0 Å². The predicted octanol–water partition coefficient (Wildman–Crippen LogP) is -0.887. The molecule has 0 amide bonds. The molecule has 1 heterocycles. The topological polar surface area (TPSA) is 72.8 Å². The standard InChI is InChI=1S/C6H10N2O3/c1-6(11)7-3-4(5(9)10)8(6)2/h3,7,11H,1-2H3,(H,9,10). The Morgan fingerprint density at radius 3 is 2.55 bits per heavy atom. The van der Waals surface area contributed by atoms with Gasteiger partial charge in [0.25, 0.3) is 0 Å². The summed E-state index contributed by atoms with van der Waals surface area (Å²) in [6.07, 6.45) is 1.27. The quantitative estimate of drug-likeness (QED) is 0.462. The highest BCUT2D eigenvalue weighted by Crippen LogP contribution is 2.18. The molecular weight excluding hydrogens is 148 g/mol. The Bertz CT molecular complexity index is 222. The minimum Gasteiger partial charge on any atom is -0.477 e. The van der Waals surface area contributed by atoms with Gasteiger partial charge in [0.2, 0.25) is 5.85 Å². The van der Waals surface area contributed by atoms with Crippen LogP contribution in [-0.4, -0.2) is 34.0 Å². The summed E-state index contributed by atoms with van der Waals surface area (Å²) in [6, 6.07) is 0. The highest BCUT2D eigenvalue weighted by atomic mass is 16.4. The third-order valence-electron chi connectivity index (χ3n) is 1.72. The van der Waals surface area contributed by atoms with Crippen molar-refractivity contribution in [2.75, 3.05) is 7.05 Å². The van der Waals surface area contributed by atoms with E-state index >= 15 is 0 Å². The zero-order valence-corrected chi connectivity index (χ0v) is 6.33. The van der Waals surface area contributed by atoms with Crippen molar-refractivity contribution in [1.29, 1.82) is 0 Å². The van der Waals surface area contributed by atoms with Crippen molar-refractivity contribution >= 4 is 5.97 Å². The fourth-order valence-corrected chi connectivity index (χ4v) is 0.838. The molecule has 0 radical (unpaired) electrons. The summed E-state index contributed by atoms with van der Waals surface area (Å²) in [5, 5.41) is 20.5. The van der Waals surface area contributed by atoms with Gasteiger partial charge in [-0.1, -0.05) is 0 Å². The van der Waals surface area contributed by atoms with Crippen molar-refractivity contribution in [3.8, 4) is 0 Å². The van der Waals surface area contributed by atoms with Crippen LogP contribution in [0, 0.1) is 0 Å². The summed E-state index contributed by atoms with van der Waals surface area (Å²) in [5.41, 5.74) is 0.0509. The molecule has 0 spiro atoms. The highest BCUT2D eigenvalue weighted by Gasteiger charge is 2.34. The molecule has 0 saturated carbocycles. The molecule has 0 aromatic heterocycles. The maximum atomic E-state index is 10.4. The third kappa shape index (κ3) is 1.14. The first-order chi connectivity index (χ1) is 4.95. The second-order valence-electron chi connectivity index (χ2n) is 2.56. The summed E-state index contributed by atoms with van der Waals surface area (Å²) in [4.78, 5) is 11.7. The number of aliphatic carboxylic acids is 1. The summed E-state index contributed by atoms with van der Waals surface area (Å²) in [6.45, 7) is 1.47. The number of carbonyl (C=O) groups is 1. The fourth-order valence-electron chi connectivity index (χ4n) is 0.838. The molecule has 1 aliphatic heterocycles. The molecule has 0 bridgehead atoms. The Labute approximate surface area is 63.9 Å². The first-order valence-corrected chi connectivity index (χ1v) is 3.12. The minimum atomic E-state index is -1.28. The lowest BCUT2D eigenvalue weighted by Gasteiger charge is -2.28. The molecule has 0 aromatic rings. The van der Waals surface area contributed by atoms with Crippen molar-refractivity contribution in [3.05, 3.63) is 11.9 Å². The van der Waals surface area contributed by atoms with Gasteiger partial charge in [-0.2, -0.15) is 0 Å². The van der Waals surface area contributed by atoms with Gasteiger partial charge in [-0.25, -0.2) is 4.79 Å². The van der Waals surface area contributed by atoms with E-state index in [9.17, 15) is 9.90 Å². The van der Waals surface area contributed by atoms with Gasteiger partial charge in [-0.05, 0) is 0 Å². The molecule has 3 N–H and O–H groups in total. The number of hydrogen-bond acceptors (Lipinski definition) is 4. The van der Waals surface area contributed by atoms with Crippen LogP contribution in [0.1, 0.15) is 6.92 Å². The largest absolute Gasteiger partial charge is 0.477 e. The third-order valence-corrected chi connectivity index (χ3v) is 1.72. The first kappa shape index (κ1) is 7.87. The van der Waals surface area contributed by atoms with Crippen LogP contribution < -0.4 is 5.32 Å². The predicted molar refractivity (Wildman–Crippen MR) is 37.2 cm³/mol. The van der Waals surface area contributed by atoms with Crippen LogP contribution in [0.5, 0.6) is 0 Å². The molecule has 1 rings (SSSR count). The van der Waals surface area contributed by atoms with E-state index in [1.54, 1.807) is 0 Å². The van der Waals surface area contributed by atoms with Crippen LogP contribution in [0.15, 0.2) is 11.9 Å². The summed E-state index contributed by atoms with van der Waals surface area (Å²) in [7, 11) is 1.50. The Morgan fingerprint density at radius 1 is 1.82 bits per heavy atom. The van der Waals surface area contributed by atoms with Crippen LogP contribution in [0.4, 0.5) is 0 Å².